The Morgan fingerprint density at radius 3 is 2.04 bits per heavy atom. The second kappa shape index (κ2) is 5.15. The maximum absolute atomic E-state index is 2.53. The predicted molar refractivity (Wildman–Crippen MR) is 114 cm³/mol. The van der Waals surface area contributed by atoms with Crippen LogP contribution in [0.15, 0.2) is 58.6 Å². The molecule has 1 spiro atoms. The van der Waals surface area contributed by atoms with Gasteiger partial charge in [-0.05, 0) is 62.9 Å². The summed E-state index contributed by atoms with van der Waals surface area (Å²) in [4.78, 5) is 0. The summed E-state index contributed by atoms with van der Waals surface area (Å²) >= 11 is 0. The fraction of sp³-hybridized carbons (Fsp3) is 0.440. The van der Waals surface area contributed by atoms with E-state index in [9.17, 15) is 0 Å². The van der Waals surface area contributed by atoms with Crippen LogP contribution >= 0.6 is 0 Å². The second-order valence-electron chi connectivity index (χ2n) is 9.66. The molecule has 6 rings (SSSR count). The SMILES string of the molecule is CC(C)c1cc(C(C)C)c(B2C3=C4C=CC5=C4C=CC23C5)c(C(C)C)c1. The molecule has 4 aliphatic carbocycles. The molecule has 0 radical (unpaired) electrons. The van der Waals surface area contributed by atoms with Crippen LogP contribution < -0.4 is 5.46 Å². The van der Waals surface area contributed by atoms with Crippen LogP contribution in [0.5, 0.6) is 0 Å². The number of hydrogen-bond acceptors (Lipinski definition) is 0. The number of allylic oxidation sites excluding steroid dienone is 8. The highest BCUT2D eigenvalue weighted by atomic mass is 14.5. The largest absolute Gasteiger partial charge is 0.219 e. The average molecular weight is 340 g/mol. The second-order valence-corrected chi connectivity index (χ2v) is 9.66. The molecule has 1 heteroatoms. The Morgan fingerprint density at radius 1 is 0.808 bits per heavy atom. The van der Waals surface area contributed by atoms with Gasteiger partial charge in [0.2, 0.25) is 6.71 Å². The minimum absolute atomic E-state index is 0.294. The highest BCUT2D eigenvalue weighted by molar-refractivity contribution is 6.97. The van der Waals surface area contributed by atoms with E-state index in [1.807, 2.05) is 0 Å². The van der Waals surface area contributed by atoms with Crippen molar-refractivity contribution in [2.75, 3.05) is 0 Å². The van der Waals surface area contributed by atoms with E-state index >= 15 is 0 Å². The van der Waals surface area contributed by atoms with E-state index < -0.39 is 0 Å². The third-order valence-electron chi connectivity index (χ3n) is 7.10. The van der Waals surface area contributed by atoms with Crippen molar-refractivity contribution in [2.24, 2.45) is 0 Å². The van der Waals surface area contributed by atoms with Gasteiger partial charge in [0, 0.05) is 0 Å². The molecule has 4 bridgehead atoms. The summed E-state index contributed by atoms with van der Waals surface area (Å²) in [6.07, 6.45) is 10.9. The van der Waals surface area contributed by atoms with Gasteiger partial charge in [0.1, 0.15) is 0 Å². The molecular weight excluding hydrogens is 311 g/mol. The van der Waals surface area contributed by atoms with Crippen molar-refractivity contribution in [3.05, 3.63) is 75.3 Å². The first kappa shape index (κ1) is 16.4. The van der Waals surface area contributed by atoms with Crippen LogP contribution in [0.1, 0.15) is 82.4 Å². The summed E-state index contributed by atoms with van der Waals surface area (Å²) < 4.78 is 0. The van der Waals surface area contributed by atoms with E-state index in [2.05, 4.69) is 78.0 Å². The highest BCUT2D eigenvalue weighted by Gasteiger charge is 2.67. The van der Waals surface area contributed by atoms with Crippen LogP contribution in [-0.4, -0.2) is 6.71 Å². The molecule has 1 fully saturated rings. The summed E-state index contributed by atoms with van der Waals surface area (Å²) in [6, 6.07) is 5.04. The number of benzene rings is 1. The first-order chi connectivity index (χ1) is 12.3. The van der Waals surface area contributed by atoms with Gasteiger partial charge in [0.25, 0.3) is 0 Å². The lowest BCUT2D eigenvalue weighted by Gasteiger charge is -2.26. The summed E-state index contributed by atoms with van der Waals surface area (Å²) in [5.41, 5.74) is 12.7. The van der Waals surface area contributed by atoms with Crippen LogP contribution in [0.25, 0.3) is 0 Å². The van der Waals surface area contributed by atoms with Crippen molar-refractivity contribution in [3.63, 3.8) is 0 Å². The highest BCUT2D eigenvalue weighted by Crippen LogP contribution is 2.72. The van der Waals surface area contributed by atoms with Crippen LogP contribution in [-0.2, 0) is 0 Å². The van der Waals surface area contributed by atoms with Gasteiger partial charge >= 0.3 is 0 Å². The van der Waals surface area contributed by atoms with Crippen LogP contribution in [0.2, 0.25) is 5.31 Å². The van der Waals surface area contributed by atoms with Crippen LogP contribution in [0.3, 0.4) is 0 Å². The molecule has 0 nitrogen and oxygen atoms in total. The molecule has 0 aromatic heterocycles. The smallest absolute Gasteiger partial charge is 0.0828 e. The average Bonchev–Trinajstić information content (AvgIpc) is 3.12. The Labute approximate surface area is 158 Å². The zero-order valence-electron chi connectivity index (χ0n) is 17.0. The maximum atomic E-state index is 2.53. The standard InChI is InChI=1S/C25H29B/c1-14(2)18-11-21(15(3)4)23(22(12-18)16(5)6)26-24-20-8-7-17-13-25(24,26)10-9-19(17)20/h7-12,14-16H,13H2,1-6H3. The van der Waals surface area contributed by atoms with E-state index in [0.717, 1.165) is 0 Å². The van der Waals surface area contributed by atoms with Crippen molar-refractivity contribution in [2.45, 2.75) is 71.0 Å². The summed E-state index contributed by atoms with van der Waals surface area (Å²) in [6.45, 7) is 14.7. The fourth-order valence-electron chi connectivity index (χ4n) is 5.66. The van der Waals surface area contributed by atoms with Crippen molar-refractivity contribution >= 4 is 12.2 Å². The third kappa shape index (κ3) is 1.92. The van der Waals surface area contributed by atoms with E-state index in [1.54, 1.807) is 33.2 Å². The summed E-state index contributed by atoms with van der Waals surface area (Å²) in [7, 11) is 0. The normalized spacial score (nSPS) is 24.9. The Kier molecular flexibility index (Phi) is 3.25. The monoisotopic (exact) mass is 340 g/mol. The van der Waals surface area contributed by atoms with Crippen LogP contribution in [0.4, 0.5) is 0 Å². The zero-order chi connectivity index (χ0) is 18.4. The first-order valence-electron chi connectivity index (χ1n) is 10.4. The summed E-state index contributed by atoms with van der Waals surface area (Å²) in [5, 5.41) is 0.294. The van der Waals surface area contributed by atoms with Gasteiger partial charge in [-0.2, -0.15) is 0 Å². The molecule has 132 valence electrons. The minimum Gasteiger partial charge on any atom is -0.0828 e. The van der Waals surface area contributed by atoms with Gasteiger partial charge in [-0.3, -0.25) is 0 Å². The minimum atomic E-state index is 0.294. The molecule has 26 heavy (non-hydrogen) atoms. The van der Waals surface area contributed by atoms with E-state index in [1.165, 1.54) is 17.6 Å². The molecule has 1 aromatic carbocycles. The van der Waals surface area contributed by atoms with Crippen molar-refractivity contribution in [1.82, 2.24) is 0 Å². The topological polar surface area (TPSA) is 0 Å². The molecule has 1 atom stereocenters. The Hall–Kier alpha value is -1.76. The molecule has 5 aliphatic rings. The van der Waals surface area contributed by atoms with Gasteiger partial charge in [-0.1, -0.05) is 88.9 Å². The predicted octanol–water partition coefficient (Wildman–Crippen LogP) is 6.19. The zero-order valence-corrected chi connectivity index (χ0v) is 17.0. The number of rotatable bonds is 4. The third-order valence-corrected chi connectivity index (χ3v) is 7.10. The lowest BCUT2D eigenvalue weighted by molar-refractivity contribution is 0.810. The lowest BCUT2D eigenvalue weighted by atomic mass is 9.50. The fourth-order valence-corrected chi connectivity index (χ4v) is 5.66. The molecular formula is C25H29B. The Bertz CT molecular complexity index is 919. The molecule has 1 aromatic rings. The Morgan fingerprint density at radius 2 is 1.46 bits per heavy atom. The number of hydrogen-bond donors (Lipinski definition) is 0. The summed E-state index contributed by atoms with van der Waals surface area (Å²) in [5.74, 6) is 1.72. The molecule has 1 aliphatic heterocycles. The van der Waals surface area contributed by atoms with E-state index in [-0.39, 0.29) is 0 Å². The van der Waals surface area contributed by atoms with Crippen molar-refractivity contribution < 1.29 is 0 Å². The van der Waals surface area contributed by atoms with Gasteiger partial charge in [-0.25, -0.2) is 0 Å². The molecule has 1 heterocycles. The quantitative estimate of drug-likeness (QED) is 0.574. The maximum Gasteiger partial charge on any atom is 0.219 e. The Balaban J connectivity index is 1.74. The first-order valence-corrected chi connectivity index (χ1v) is 10.4. The van der Waals surface area contributed by atoms with Crippen LogP contribution in [0, 0.1) is 0 Å². The van der Waals surface area contributed by atoms with Crippen molar-refractivity contribution in [3.8, 4) is 0 Å². The van der Waals surface area contributed by atoms with E-state index in [4.69, 9.17) is 0 Å². The molecule has 0 saturated carbocycles. The van der Waals surface area contributed by atoms with Crippen molar-refractivity contribution in [1.29, 1.82) is 0 Å². The molecule has 1 unspecified atom stereocenters. The van der Waals surface area contributed by atoms with Gasteiger partial charge in [0.05, 0.1) is 0 Å². The molecule has 0 amide bonds. The van der Waals surface area contributed by atoms with Gasteiger partial charge in [-0.15, -0.1) is 0 Å². The molecule has 1 saturated heterocycles. The van der Waals surface area contributed by atoms with Gasteiger partial charge < -0.3 is 0 Å². The van der Waals surface area contributed by atoms with Gasteiger partial charge in [0.15, 0.2) is 0 Å². The molecule has 0 N–H and O–H groups in total. The van der Waals surface area contributed by atoms with E-state index in [0.29, 0.717) is 29.8 Å². The lowest BCUT2D eigenvalue weighted by Crippen LogP contribution is -2.31.